The molecule has 1 saturated heterocycles. The van der Waals surface area contributed by atoms with Crippen LogP contribution in [-0.4, -0.2) is 39.5 Å². The summed E-state index contributed by atoms with van der Waals surface area (Å²) in [4.78, 5) is 24.0. The fourth-order valence-electron chi connectivity index (χ4n) is 4.05. The van der Waals surface area contributed by atoms with Gasteiger partial charge in [0, 0.05) is 12.6 Å². The number of hydrogen-bond acceptors (Lipinski definition) is 4. The molecule has 4 rings (SSSR count). The Kier molecular flexibility index (Phi) is 5.63. The SMILES string of the molecule is CC(NC(=O)c1cnc2ccccc2n1)N1CCCCC1Cc1ccccc1. The number of rotatable bonds is 5. The van der Waals surface area contributed by atoms with Crippen molar-refractivity contribution in [3.8, 4) is 0 Å². The van der Waals surface area contributed by atoms with Crippen LogP contribution in [-0.2, 0) is 6.42 Å². The molecule has 0 aliphatic carbocycles. The van der Waals surface area contributed by atoms with Gasteiger partial charge in [0.2, 0.25) is 0 Å². The molecule has 3 aromatic rings. The molecular weight excluding hydrogens is 348 g/mol. The maximum absolute atomic E-state index is 12.8. The number of benzene rings is 2. The average molecular weight is 374 g/mol. The lowest BCUT2D eigenvalue weighted by atomic mass is 9.95. The molecule has 0 saturated carbocycles. The van der Waals surface area contributed by atoms with Crippen molar-refractivity contribution in [2.75, 3.05) is 6.54 Å². The molecular formula is C23H26N4O. The van der Waals surface area contributed by atoms with E-state index in [1.807, 2.05) is 24.3 Å². The number of para-hydroxylation sites is 2. The molecule has 0 radical (unpaired) electrons. The monoisotopic (exact) mass is 374 g/mol. The summed E-state index contributed by atoms with van der Waals surface area (Å²) < 4.78 is 0. The summed E-state index contributed by atoms with van der Waals surface area (Å²) in [6.45, 7) is 3.07. The third-order valence-electron chi connectivity index (χ3n) is 5.51. The van der Waals surface area contributed by atoms with Crippen molar-refractivity contribution in [1.82, 2.24) is 20.2 Å². The highest BCUT2D eigenvalue weighted by Gasteiger charge is 2.28. The maximum Gasteiger partial charge on any atom is 0.272 e. The molecule has 2 atom stereocenters. The van der Waals surface area contributed by atoms with E-state index in [-0.39, 0.29) is 12.1 Å². The molecule has 28 heavy (non-hydrogen) atoms. The third kappa shape index (κ3) is 4.20. The van der Waals surface area contributed by atoms with Gasteiger partial charge in [-0.2, -0.15) is 0 Å². The minimum absolute atomic E-state index is 0.0465. The van der Waals surface area contributed by atoms with E-state index in [2.05, 4.69) is 57.4 Å². The molecule has 5 nitrogen and oxygen atoms in total. The van der Waals surface area contributed by atoms with E-state index in [4.69, 9.17) is 0 Å². The molecule has 1 N–H and O–H groups in total. The molecule has 1 aromatic heterocycles. The van der Waals surface area contributed by atoms with E-state index in [1.165, 1.54) is 18.4 Å². The Morgan fingerprint density at radius 1 is 1.11 bits per heavy atom. The first kappa shape index (κ1) is 18.6. The summed E-state index contributed by atoms with van der Waals surface area (Å²) in [5, 5.41) is 3.13. The molecule has 2 unspecified atom stereocenters. The molecule has 1 amide bonds. The highest BCUT2D eigenvalue weighted by Crippen LogP contribution is 2.22. The Labute approximate surface area is 165 Å². The number of carbonyl (C=O) groups excluding carboxylic acids is 1. The van der Waals surface area contributed by atoms with Gasteiger partial charge in [-0.3, -0.25) is 14.7 Å². The van der Waals surface area contributed by atoms with Gasteiger partial charge in [0.15, 0.2) is 0 Å². The lowest BCUT2D eigenvalue weighted by Crippen LogP contribution is -2.53. The Hall–Kier alpha value is -2.79. The van der Waals surface area contributed by atoms with Crippen LogP contribution in [0, 0.1) is 0 Å². The third-order valence-corrected chi connectivity index (χ3v) is 5.51. The number of hydrogen-bond donors (Lipinski definition) is 1. The lowest BCUT2D eigenvalue weighted by molar-refractivity contribution is 0.0672. The first-order valence-corrected chi connectivity index (χ1v) is 10.0. The van der Waals surface area contributed by atoms with Crippen LogP contribution < -0.4 is 5.32 Å². The molecule has 1 fully saturated rings. The Morgan fingerprint density at radius 3 is 2.68 bits per heavy atom. The van der Waals surface area contributed by atoms with Crippen molar-refractivity contribution in [2.45, 2.75) is 44.8 Å². The molecule has 0 bridgehead atoms. The van der Waals surface area contributed by atoms with Crippen LogP contribution >= 0.6 is 0 Å². The van der Waals surface area contributed by atoms with Crippen molar-refractivity contribution in [2.24, 2.45) is 0 Å². The van der Waals surface area contributed by atoms with Crippen LogP contribution in [0.5, 0.6) is 0 Å². The standard InChI is InChI=1S/C23H26N4O/c1-17(25-23(28)22-16-24-20-12-5-6-13-21(20)26-22)27-14-8-7-11-19(27)15-18-9-3-2-4-10-18/h2-6,9-10,12-13,16-17,19H,7-8,11,14-15H2,1H3,(H,25,28). The summed E-state index contributed by atoms with van der Waals surface area (Å²) in [6, 6.07) is 18.6. The second kappa shape index (κ2) is 8.48. The molecule has 5 heteroatoms. The average Bonchev–Trinajstić information content (AvgIpc) is 2.74. The van der Waals surface area contributed by atoms with Gasteiger partial charge in [0.25, 0.3) is 5.91 Å². The van der Waals surface area contributed by atoms with E-state index < -0.39 is 0 Å². The predicted molar refractivity (Wildman–Crippen MR) is 111 cm³/mol. The predicted octanol–water partition coefficient (Wildman–Crippen LogP) is 3.80. The largest absolute Gasteiger partial charge is 0.335 e. The number of aromatic nitrogens is 2. The smallest absolute Gasteiger partial charge is 0.272 e. The highest BCUT2D eigenvalue weighted by molar-refractivity contribution is 5.93. The number of piperidine rings is 1. The van der Waals surface area contributed by atoms with Crippen LogP contribution in [0.4, 0.5) is 0 Å². The van der Waals surface area contributed by atoms with E-state index >= 15 is 0 Å². The Bertz CT molecular complexity index is 943. The topological polar surface area (TPSA) is 58.1 Å². The van der Waals surface area contributed by atoms with E-state index in [0.717, 1.165) is 30.4 Å². The summed E-state index contributed by atoms with van der Waals surface area (Å²) in [7, 11) is 0. The quantitative estimate of drug-likeness (QED) is 0.738. The van der Waals surface area contributed by atoms with Gasteiger partial charge in [0.1, 0.15) is 5.69 Å². The number of likely N-dealkylation sites (tertiary alicyclic amines) is 1. The number of fused-ring (bicyclic) bond motifs is 1. The Morgan fingerprint density at radius 2 is 1.86 bits per heavy atom. The number of nitrogens with zero attached hydrogens (tertiary/aromatic N) is 3. The molecule has 1 aliphatic rings. The second-order valence-electron chi connectivity index (χ2n) is 7.47. The van der Waals surface area contributed by atoms with Gasteiger partial charge in [-0.15, -0.1) is 0 Å². The fraction of sp³-hybridized carbons (Fsp3) is 0.348. The van der Waals surface area contributed by atoms with Gasteiger partial charge < -0.3 is 5.32 Å². The summed E-state index contributed by atoms with van der Waals surface area (Å²) in [5.74, 6) is -0.171. The maximum atomic E-state index is 12.8. The normalized spacial score (nSPS) is 18.7. The summed E-state index contributed by atoms with van der Waals surface area (Å²) >= 11 is 0. The van der Waals surface area contributed by atoms with Crippen LogP contribution in [0.3, 0.4) is 0 Å². The van der Waals surface area contributed by atoms with E-state index in [9.17, 15) is 4.79 Å². The molecule has 144 valence electrons. The van der Waals surface area contributed by atoms with Crippen molar-refractivity contribution in [3.63, 3.8) is 0 Å². The lowest BCUT2D eigenvalue weighted by Gasteiger charge is -2.40. The van der Waals surface area contributed by atoms with Gasteiger partial charge >= 0.3 is 0 Å². The number of amides is 1. The van der Waals surface area contributed by atoms with Crippen LogP contribution in [0.1, 0.15) is 42.2 Å². The van der Waals surface area contributed by atoms with Crippen molar-refractivity contribution >= 4 is 16.9 Å². The van der Waals surface area contributed by atoms with E-state index in [0.29, 0.717) is 11.7 Å². The summed E-state index contributed by atoms with van der Waals surface area (Å²) in [6.07, 6.45) is 6.09. The number of carbonyl (C=O) groups is 1. The van der Waals surface area contributed by atoms with Gasteiger partial charge in [-0.05, 0) is 43.9 Å². The molecule has 2 heterocycles. The first-order chi connectivity index (χ1) is 13.7. The number of nitrogens with one attached hydrogen (secondary N) is 1. The van der Waals surface area contributed by atoms with Crippen LogP contribution in [0.2, 0.25) is 0 Å². The fourth-order valence-corrected chi connectivity index (χ4v) is 4.05. The first-order valence-electron chi connectivity index (χ1n) is 10.0. The zero-order chi connectivity index (χ0) is 19.3. The minimum Gasteiger partial charge on any atom is -0.335 e. The van der Waals surface area contributed by atoms with Crippen LogP contribution in [0.25, 0.3) is 11.0 Å². The molecule has 1 aliphatic heterocycles. The van der Waals surface area contributed by atoms with Crippen molar-refractivity contribution in [1.29, 1.82) is 0 Å². The minimum atomic E-state index is -0.171. The highest BCUT2D eigenvalue weighted by atomic mass is 16.2. The van der Waals surface area contributed by atoms with Gasteiger partial charge in [0.05, 0.1) is 23.4 Å². The summed E-state index contributed by atoms with van der Waals surface area (Å²) in [5.41, 5.74) is 3.24. The van der Waals surface area contributed by atoms with Gasteiger partial charge in [-0.25, -0.2) is 4.98 Å². The molecule has 0 spiro atoms. The van der Waals surface area contributed by atoms with E-state index in [1.54, 1.807) is 6.20 Å². The van der Waals surface area contributed by atoms with Crippen LogP contribution in [0.15, 0.2) is 60.8 Å². The van der Waals surface area contributed by atoms with Gasteiger partial charge in [-0.1, -0.05) is 48.9 Å². The zero-order valence-electron chi connectivity index (χ0n) is 16.2. The van der Waals surface area contributed by atoms with Crippen molar-refractivity contribution in [3.05, 3.63) is 72.1 Å². The molecule has 2 aromatic carbocycles. The Balaban J connectivity index is 1.45. The zero-order valence-corrected chi connectivity index (χ0v) is 16.2. The van der Waals surface area contributed by atoms with Crippen molar-refractivity contribution < 1.29 is 4.79 Å². The second-order valence-corrected chi connectivity index (χ2v) is 7.47.